The van der Waals surface area contributed by atoms with Gasteiger partial charge in [0, 0.05) is 18.8 Å². The van der Waals surface area contributed by atoms with Gasteiger partial charge in [0.15, 0.2) is 0 Å². The van der Waals surface area contributed by atoms with E-state index < -0.39 is 5.97 Å². The van der Waals surface area contributed by atoms with E-state index in [4.69, 9.17) is 5.11 Å². The van der Waals surface area contributed by atoms with E-state index >= 15 is 0 Å². The number of allylic oxidation sites excluding steroid dienone is 3. The van der Waals surface area contributed by atoms with Crippen molar-refractivity contribution >= 4 is 5.97 Å². The summed E-state index contributed by atoms with van der Waals surface area (Å²) in [5, 5.41) is 19.1. The first-order valence-corrected chi connectivity index (χ1v) is 10.1. The van der Waals surface area contributed by atoms with Crippen molar-refractivity contribution in [3.63, 3.8) is 0 Å². The lowest BCUT2D eigenvalue weighted by atomic mass is 9.94. The van der Waals surface area contributed by atoms with E-state index in [0.29, 0.717) is 18.3 Å². The molecule has 1 rings (SSSR count). The minimum absolute atomic E-state index is 0.230. The highest BCUT2D eigenvalue weighted by Crippen LogP contribution is 2.36. The van der Waals surface area contributed by atoms with Crippen molar-refractivity contribution in [3.8, 4) is 11.8 Å². The molecule has 0 heterocycles. The highest BCUT2D eigenvalue weighted by molar-refractivity contribution is 5.66. The molecular weight excluding hydrogens is 324 g/mol. The Hall–Kier alpha value is -1.53. The number of aliphatic hydroxyl groups excluding tert-OH is 1. The largest absolute Gasteiger partial charge is 0.481 e. The zero-order chi connectivity index (χ0) is 19.4. The number of carboxylic acid groups (broad SMARTS) is 1. The van der Waals surface area contributed by atoms with Crippen molar-refractivity contribution in [1.29, 1.82) is 0 Å². The molecule has 2 N–H and O–H groups in total. The number of aliphatic hydroxyl groups is 1. The number of carboxylic acids is 1. The van der Waals surface area contributed by atoms with Crippen LogP contribution in [0.1, 0.15) is 78.6 Å². The number of rotatable bonds is 11. The van der Waals surface area contributed by atoms with Crippen LogP contribution in [0.15, 0.2) is 23.8 Å². The van der Waals surface area contributed by atoms with Gasteiger partial charge in [0.25, 0.3) is 0 Å². The van der Waals surface area contributed by atoms with Gasteiger partial charge in [0.05, 0.1) is 6.10 Å². The van der Waals surface area contributed by atoms with Gasteiger partial charge in [0.2, 0.25) is 0 Å². The summed E-state index contributed by atoms with van der Waals surface area (Å²) in [5.74, 6) is 6.72. The predicted molar refractivity (Wildman–Crippen MR) is 108 cm³/mol. The molecule has 0 spiro atoms. The number of carbonyl (C=O) groups is 1. The average molecular weight is 361 g/mol. The van der Waals surface area contributed by atoms with E-state index in [-0.39, 0.29) is 18.4 Å². The van der Waals surface area contributed by atoms with Gasteiger partial charge in [-0.3, -0.25) is 4.79 Å². The molecule has 0 bridgehead atoms. The topological polar surface area (TPSA) is 57.5 Å². The van der Waals surface area contributed by atoms with Crippen LogP contribution in [0, 0.1) is 29.6 Å². The Kier molecular flexibility index (Phi) is 11.1. The van der Waals surface area contributed by atoms with Crippen LogP contribution in [-0.2, 0) is 4.79 Å². The van der Waals surface area contributed by atoms with Crippen molar-refractivity contribution in [2.45, 2.75) is 84.7 Å². The molecule has 2 unspecified atom stereocenters. The average Bonchev–Trinajstić information content (AvgIpc) is 2.95. The second-order valence-corrected chi connectivity index (χ2v) is 7.67. The molecule has 3 nitrogen and oxygen atoms in total. The van der Waals surface area contributed by atoms with Crippen LogP contribution in [-0.4, -0.2) is 22.3 Å². The van der Waals surface area contributed by atoms with Gasteiger partial charge in [-0.05, 0) is 63.7 Å². The second-order valence-electron chi connectivity index (χ2n) is 7.67. The predicted octanol–water partition coefficient (Wildman–Crippen LogP) is 5.35. The molecule has 0 aromatic carbocycles. The Labute approximate surface area is 159 Å². The molecule has 0 radical (unpaired) electrons. The summed E-state index contributed by atoms with van der Waals surface area (Å²) in [7, 11) is 0. The van der Waals surface area contributed by atoms with E-state index in [0.717, 1.165) is 44.9 Å². The zero-order valence-electron chi connectivity index (χ0n) is 16.7. The Bertz CT molecular complexity index is 535. The first-order chi connectivity index (χ1) is 12.5. The van der Waals surface area contributed by atoms with E-state index in [2.05, 4.69) is 43.9 Å². The first kappa shape index (κ1) is 22.5. The third kappa shape index (κ3) is 9.25. The quantitative estimate of drug-likeness (QED) is 0.297. The molecule has 1 aliphatic rings. The summed E-state index contributed by atoms with van der Waals surface area (Å²) in [4.78, 5) is 10.6. The van der Waals surface area contributed by atoms with Gasteiger partial charge < -0.3 is 10.2 Å². The minimum Gasteiger partial charge on any atom is -0.481 e. The Balaban J connectivity index is 2.42. The zero-order valence-corrected chi connectivity index (χ0v) is 16.7. The van der Waals surface area contributed by atoms with Crippen molar-refractivity contribution in [2.24, 2.45) is 17.8 Å². The molecule has 1 aliphatic carbocycles. The van der Waals surface area contributed by atoms with Crippen molar-refractivity contribution in [2.75, 3.05) is 0 Å². The first-order valence-electron chi connectivity index (χ1n) is 10.1. The summed E-state index contributed by atoms with van der Waals surface area (Å²) in [5.41, 5.74) is 1.41. The van der Waals surface area contributed by atoms with E-state index in [9.17, 15) is 9.90 Å². The third-order valence-corrected chi connectivity index (χ3v) is 5.26. The SMILES string of the molecule is CC#CCC(C)C/C=C/C1C[C@@H](C/C(=C\CCCC(=O)O)CC)C[C@H]1O. The smallest absolute Gasteiger partial charge is 0.303 e. The van der Waals surface area contributed by atoms with Gasteiger partial charge in [0.1, 0.15) is 0 Å². The molecular formula is C23H36O3. The third-order valence-electron chi connectivity index (χ3n) is 5.26. The maximum Gasteiger partial charge on any atom is 0.303 e. The molecule has 0 aromatic heterocycles. The monoisotopic (exact) mass is 360 g/mol. The summed E-state index contributed by atoms with van der Waals surface area (Å²) in [6.07, 6.45) is 14.1. The van der Waals surface area contributed by atoms with E-state index in [1.165, 1.54) is 5.57 Å². The van der Waals surface area contributed by atoms with Crippen LogP contribution in [0.3, 0.4) is 0 Å². The highest BCUT2D eigenvalue weighted by atomic mass is 16.4. The number of hydrogen-bond donors (Lipinski definition) is 2. The fourth-order valence-corrected chi connectivity index (χ4v) is 3.68. The summed E-state index contributed by atoms with van der Waals surface area (Å²) >= 11 is 0. The standard InChI is InChI=1S/C23H36O3/c1-4-6-10-18(3)11-9-13-21-16-20(17-22(21)24)15-19(5-2)12-7-8-14-23(25)26/h9,12-13,18,20-22,24H,5,7-8,10-11,14-17H2,1-3H3,(H,25,26)/b13-9+,19-12-/t18?,20-,21?,22-/m1/s1. The maximum atomic E-state index is 10.6. The van der Waals surface area contributed by atoms with Crippen molar-refractivity contribution < 1.29 is 15.0 Å². The number of aliphatic carboxylic acids is 1. The summed E-state index contributed by atoms with van der Waals surface area (Å²) in [6.45, 7) is 6.25. The highest BCUT2D eigenvalue weighted by Gasteiger charge is 2.31. The molecule has 3 heteroatoms. The van der Waals surface area contributed by atoms with Crippen molar-refractivity contribution in [1.82, 2.24) is 0 Å². The second kappa shape index (κ2) is 12.8. The molecule has 0 aliphatic heterocycles. The molecule has 0 saturated heterocycles. The normalized spacial score (nSPS) is 24.5. The van der Waals surface area contributed by atoms with Gasteiger partial charge in [-0.25, -0.2) is 0 Å². The maximum absolute atomic E-state index is 10.6. The fourth-order valence-electron chi connectivity index (χ4n) is 3.68. The Morgan fingerprint density at radius 2 is 2.12 bits per heavy atom. The fraction of sp³-hybridized carbons (Fsp3) is 0.696. The molecule has 146 valence electrons. The van der Waals surface area contributed by atoms with Crippen molar-refractivity contribution in [3.05, 3.63) is 23.8 Å². The lowest BCUT2D eigenvalue weighted by molar-refractivity contribution is -0.137. The molecule has 0 amide bonds. The molecule has 4 atom stereocenters. The van der Waals surface area contributed by atoms with Crippen LogP contribution in [0.4, 0.5) is 0 Å². The van der Waals surface area contributed by atoms with Crippen LogP contribution < -0.4 is 0 Å². The number of hydrogen-bond acceptors (Lipinski definition) is 2. The van der Waals surface area contributed by atoms with Crippen LogP contribution in [0.25, 0.3) is 0 Å². The lowest BCUT2D eigenvalue weighted by Gasteiger charge is -2.12. The molecule has 0 aromatic rings. The Morgan fingerprint density at radius 3 is 2.77 bits per heavy atom. The van der Waals surface area contributed by atoms with Gasteiger partial charge >= 0.3 is 5.97 Å². The van der Waals surface area contributed by atoms with Crippen LogP contribution in [0.5, 0.6) is 0 Å². The van der Waals surface area contributed by atoms with E-state index in [1.54, 1.807) is 0 Å². The van der Waals surface area contributed by atoms with Crippen LogP contribution in [0.2, 0.25) is 0 Å². The summed E-state index contributed by atoms with van der Waals surface area (Å²) < 4.78 is 0. The molecule has 1 saturated carbocycles. The van der Waals surface area contributed by atoms with Gasteiger partial charge in [-0.1, -0.05) is 37.6 Å². The van der Waals surface area contributed by atoms with Gasteiger partial charge in [-0.15, -0.1) is 11.8 Å². The molecule has 26 heavy (non-hydrogen) atoms. The van der Waals surface area contributed by atoms with E-state index in [1.807, 2.05) is 6.92 Å². The Morgan fingerprint density at radius 1 is 1.35 bits per heavy atom. The number of unbranched alkanes of at least 4 members (excludes halogenated alkanes) is 1. The lowest BCUT2D eigenvalue weighted by Crippen LogP contribution is -2.10. The summed E-state index contributed by atoms with van der Waals surface area (Å²) in [6, 6.07) is 0. The molecule has 1 fully saturated rings. The minimum atomic E-state index is -0.721. The van der Waals surface area contributed by atoms with Crippen LogP contribution >= 0.6 is 0 Å². The van der Waals surface area contributed by atoms with Gasteiger partial charge in [-0.2, -0.15) is 0 Å².